The van der Waals surface area contributed by atoms with E-state index in [2.05, 4.69) is 21.2 Å². The van der Waals surface area contributed by atoms with Gasteiger partial charge in [0.25, 0.3) is 5.91 Å². The van der Waals surface area contributed by atoms with Crippen molar-refractivity contribution >= 4 is 44.8 Å². The molecule has 0 aliphatic rings. The van der Waals surface area contributed by atoms with Gasteiger partial charge in [-0.05, 0) is 52.3 Å². The van der Waals surface area contributed by atoms with Crippen molar-refractivity contribution in [1.29, 1.82) is 0 Å². The van der Waals surface area contributed by atoms with Crippen molar-refractivity contribution in [3.05, 3.63) is 57.3 Å². The van der Waals surface area contributed by atoms with E-state index in [1.807, 2.05) is 0 Å². The topological polar surface area (TPSA) is 55.1 Å². The number of carbonyl (C=O) groups is 1. The summed E-state index contributed by atoms with van der Waals surface area (Å²) in [5.41, 5.74) is 6.10. The van der Waals surface area contributed by atoms with Crippen LogP contribution in [-0.2, 0) is 0 Å². The molecule has 0 unspecified atom stereocenters. The molecule has 0 spiro atoms. The van der Waals surface area contributed by atoms with Gasteiger partial charge in [-0.25, -0.2) is 4.39 Å². The van der Waals surface area contributed by atoms with Gasteiger partial charge in [-0.3, -0.25) is 4.79 Å². The Kier molecular flexibility index (Phi) is 4.07. The quantitative estimate of drug-likeness (QED) is 0.807. The number of benzene rings is 2. The van der Waals surface area contributed by atoms with Crippen molar-refractivity contribution in [2.45, 2.75) is 0 Å². The van der Waals surface area contributed by atoms with Crippen LogP contribution in [0.5, 0.6) is 0 Å². The van der Waals surface area contributed by atoms with Gasteiger partial charge in [0.05, 0.1) is 10.7 Å². The molecule has 3 N–H and O–H groups in total. The van der Waals surface area contributed by atoms with E-state index in [1.165, 1.54) is 12.1 Å². The minimum atomic E-state index is -0.620. The van der Waals surface area contributed by atoms with Crippen LogP contribution in [0.3, 0.4) is 0 Å². The lowest BCUT2D eigenvalue weighted by Crippen LogP contribution is -2.12. The zero-order chi connectivity index (χ0) is 14.0. The molecule has 19 heavy (non-hydrogen) atoms. The van der Waals surface area contributed by atoms with Gasteiger partial charge in [-0.15, -0.1) is 0 Å². The van der Waals surface area contributed by atoms with Crippen LogP contribution in [0, 0.1) is 5.82 Å². The zero-order valence-corrected chi connectivity index (χ0v) is 11.9. The number of rotatable bonds is 2. The van der Waals surface area contributed by atoms with Crippen molar-refractivity contribution < 1.29 is 9.18 Å². The summed E-state index contributed by atoms with van der Waals surface area (Å²) in [5.74, 6) is -1.04. The van der Waals surface area contributed by atoms with Crippen molar-refractivity contribution in [1.82, 2.24) is 0 Å². The van der Waals surface area contributed by atoms with E-state index in [9.17, 15) is 9.18 Å². The molecular weight excluding hydrogens is 335 g/mol. The number of nitrogens with one attached hydrogen (secondary N) is 1. The van der Waals surface area contributed by atoms with Gasteiger partial charge in [0.15, 0.2) is 0 Å². The molecule has 2 aromatic carbocycles. The molecule has 0 bridgehead atoms. The standard InChI is InChI=1S/C13H9BrClFN2O/c14-9-6-8(2-3-10(9)15)18-13(19)7-1-4-12(17)11(16)5-7/h1-6H,17H2,(H,18,19). The predicted octanol–water partition coefficient (Wildman–Crippen LogP) is 4.08. The molecule has 3 nitrogen and oxygen atoms in total. The Labute approximate surface area is 122 Å². The molecule has 0 aromatic heterocycles. The van der Waals surface area contributed by atoms with Crippen molar-refractivity contribution in [3.63, 3.8) is 0 Å². The Morgan fingerprint density at radius 1 is 1.26 bits per heavy atom. The van der Waals surface area contributed by atoms with Gasteiger partial charge in [0.2, 0.25) is 0 Å². The first-order valence-corrected chi connectivity index (χ1v) is 6.46. The highest BCUT2D eigenvalue weighted by Gasteiger charge is 2.09. The SMILES string of the molecule is Nc1ccc(C(=O)Nc2ccc(Cl)c(Br)c2)cc1F. The van der Waals surface area contributed by atoms with Crippen LogP contribution >= 0.6 is 27.5 Å². The third-order valence-corrected chi connectivity index (χ3v) is 3.65. The fourth-order valence-corrected chi connectivity index (χ4v) is 1.94. The van der Waals surface area contributed by atoms with Crippen molar-refractivity contribution in [2.75, 3.05) is 11.1 Å². The maximum absolute atomic E-state index is 13.3. The molecule has 0 aliphatic carbocycles. The number of carbonyl (C=O) groups excluding carboxylic acids is 1. The van der Waals surface area contributed by atoms with Crippen molar-refractivity contribution in [3.8, 4) is 0 Å². The first-order chi connectivity index (χ1) is 8.97. The fraction of sp³-hybridized carbons (Fsp3) is 0. The maximum atomic E-state index is 13.3. The van der Waals surface area contributed by atoms with Gasteiger partial charge in [0, 0.05) is 15.7 Å². The van der Waals surface area contributed by atoms with E-state index >= 15 is 0 Å². The number of nitrogen functional groups attached to an aromatic ring is 1. The first kappa shape index (κ1) is 13.8. The molecule has 0 atom stereocenters. The molecule has 0 saturated heterocycles. The number of amides is 1. The molecule has 0 saturated carbocycles. The van der Waals surface area contributed by atoms with E-state index in [0.717, 1.165) is 6.07 Å². The van der Waals surface area contributed by atoms with Crippen molar-refractivity contribution in [2.24, 2.45) is 0 Å². The second kappa shape index (κ2) is 5.59. The van der Waals surface area contributed by atoms with Crippen LogP contribution in [-0.4, -0.2) is 5.91 Å². The Morgan fingerprint density at radius 2 is 2.00 bits per heavy atom. The minimum Gasteiger partial charge on any atom is -0.396 e. The lowest BCUT2D eigenvalue weighted by atomic mass is 10.2. The Morgan fingerprint density at radius 3 is 2.63 bits per heavy atom. The molecule has 2 rings (SSSR count). The fourth-order valence-electron chi connectivity index (χ4n) is 1.45. The number of hydrogen-bond donors (Lipinski definition) is 2. The van der Waals surface area contributed by atoms with Gasteiger partial charge < -0.3 is 11.1 Å². The van der Waals surface area contributed by atoms with E-state index < -0.39 is 11.7 Å². The lowest BCUT2D eigenvalue weighted by molar-refractivity contribution is 0.102. The molecule has 0 heterocycles. The number of anilines is 2. The highest BCUT2D eigenvalue weighted by atomic mass is 79.9. The summed E-state index contributed by atoms with van der Waals surface area (Å²) in [6.45, 7) is 0. The summed E-state index contributed by atoms with van der Waals surface area (Å²) in [6.07, 6.45) is 0. The van der Waals surface area contributed by atoms with Gasteiger partial charge >= 0.3 is 0 Å². The number of nitrogens with two attached hydrogens (primary N) is 1. The van der Waals surface area contributed by atoms with E-state index in [1.54, 1.807) is 18.2 Å². The molecular formula is C13H9BrClFN2O. The second-order valence-corrected chi connectivity index (χ2v) is 5.08. The summed E-state index contributed by atoms with van der Waals surface area (Å²) in [6, 6.07) is 8.85. The van der Waals surface area contributed by atoms with Gasteiger partial charge in [-0.1, -0.05) is 11.6 Å². The average molecular weight is 344 g/mol. The molecule has 0 fully saturated rings. The van der Waals surface area contributed by atoms with Crippen LogP contribution in [0.25, 0.3) is 0 Å². The van der Waals surface area contributed by atoms with Crippen LogP contribution in [0.1, 0.15) is 10.4 Å². The summed E-state index contributed by atoms with van der Waals surface area (Å²) in [4.78, 5) is 11.9. The maximum Gasteiger partial charge on any atom is 0.255 e. The van der Waals surface area contributed by atoms with Crippen LogP contribution < -0.4 is 11.1 Å². The largest absolute Gasteiger partial charge is 0.396 e. The highest BCUT2D eigenvalue weighted by Crippen LogP contribution is 2.26. The molecule has 6 heteroatoms. The van der Waals surface area contributed by atoms with Gasteiger partial charge in [0.1, 0.15) is 5.82 Å². The minimum absolute atomic E-state index is 0.00536. The lowest BCUT2D eigenvalue weighted by Gasteiger charge is -2.07. The highest BCUT2D eigenvalue weighted by molar-refractivity contribution is 9.10. The van der Waals surface area contributed by atoms with Crippen LogP contribution in [0.15, 0.2) is 40.9 Å². The number of hydrogen-bond acceptors (Lipinski definition) is 2. The number of halogens is 3. The van der Waals surface area contributed by atoms with Crippen LogP contribution in [0.2, 0.25) is 5.02 Å². The molecule has 0 aliphatic heterocycles. The van der Waals surface area contributed by atoms with Gasteiger partial charge in [-0.2, -0.15) is 0 Å². The summed E-state index contributed by atoms with van der Waals surface area (Å²) >= 11 is 9.10. The Bertz CT molecular complexity index is 649. The Hall–Kier alpha value is -1.59. The molecule has 2 aromatic rings. The van der Waals surface area contributed by atoms with E-state index in [-0.39, 0.29) is 11.3 Å². The molecule has 98 valence electrons. The Balaban J connectivity index is 2.20. The normalized spacial score (nSPS) is 10.3. The van der Waals surface area contributed by atoms with E-state index in [0.29, 0.717) is 15.2 Å². The first-order valence-electron chi connectivity index (χ1n) is 5.29. The predicted molar refractivity (Wildman–Crippen MR) is 77.9 cm³/mol. The third-order valence-electron chi connectivity index (χ3n) is 2.44. The molecule has 1 amide bonds. The zero-order valence-electron chi connectivity index (χ0n) is 9.58. The molecule has 0 radical (unpaired) electrons. The summed E-state index contributed by atoms with van der Waals surface area (Å²) < 4.78 is 13.9. The van der Waals surface area contributed by atoms with Crippen LogP contribution in [0.4, 0.5) is 15.8 Å². The average Bonchev–Trinajstić information content (AvgIpc) is 2.37. The van der Waals surface area contributed by atoms with E-state index in [4.69, 9.17) is 17.3 Å². The summed E-state index contributed by atoms with van der Waals surface area (Å²) in [7, 11) is 0. The monoisotopic (exact) mass is 342 g/mol. The third kappa shape index (κ3) is 3.24. The second-order valence-electron chi connectivity index (χ2n) is 3.82. The smallest absolute Gasteiger partial charge is 0.255 e. The summed E-state index contributed by atoms with van der Waals surface area (Å²) in [5, 5.41) is 3.18.